The van der Waals surface area contributed by atoms with Crippen molar-refractivity contribution in [3.63, 3.8) is 0 Å². The molecule has 2 rings (SSSR count). The summed E-state index contributed by atoms with van der Waals surface area (Å²) in [5.41, 5.74) is 8.57. The summed E-state index contributed by atoms with van der Waals surface area (Å²) in [6.45, 7) is 1.73. The van der Waals surface area contributed by atoms with Gasteiger partial charge in [-0.1, -0.05) is 6.07 Å². The lowest BCUT2D eigenvalue weighted by Crippen LogP contribution is -2.38. The van der Waals surface area contributed by atoms with E-state index in [-0.39, 0.29) is 12.5 Å². The summed E-state index contributed by atoms with van der Waals surface area (Å²) in [5.74, 6) is -0.0253. The van der Waals surface area contributed by atoms with E-state index in [1.54, 1.807) is 12.0 Å². The highest BCUT2D eigenvalue weighted by molar-refractivity contribution is 5.96. The molecule has 0 aliphatic carbocycles. The van der Waals surface area contributed by atoms with Gasteiger partial charge in [0.1, 0.15) is 6.61 Å². The first-order valence-corrected chi connectivity index (χ1v) is 6.48. The zero-order chi connectivity index (χ0) is 13.7. The molecule has 104 valence electrons. The van der Waals surface area contributed by atoms with Gasteiger partial charge < -0.3 is 20.1 Å². The van der Waals surface area contributed by atoms with Crippen molar-refractivity contribution in [1.82, 2.24) is 0 Å². The molecule has 1 aliphatic heterocycles. The van der Waals surface area contributed by atoms with Crippen LogP contribution < -0.4 is 10.6 Å². The van der Waals surface area contributed by atoms with Crippen molar-refractivity contribution < 1.29 is 14.3 Å². The largest absolute Gasteiger partial charge is 0.399 e. The van der Waals surface area contributed by atoms with Gasteiger partial charge in [-0.3, -0.25) is 4.79 Å². The number of rotatable bonds is 5. The fraction of sp³-hybridized carbons (Fsp3) is 0.500. The van der Waals surface area contributed by atoms with Crippen LogP contribution >= 0.6 is 0 Å². The predicted molar refractivity (Wildman–Crippen MR) is 74.2 cm³/mol. The maximum absolute atomic E-state index is 12.2. The third-order valence-electron chi connectivity index (χ3n) is 3.19. The fourth-order valence-corrected chi connectivity index (χ4v) is 2.23. The monoisotopic (exact) mass is 264 g/mol. The minimum absolute atomic E-state index is 0.0253. The summed E-state index contributed by atoms with van der Waals surface area (Å²) in [5, 5.41) is 0. The van der Waals surface area contributed by atoms with Crippen LogP contribution in [0.4, 0.5) is 11.4 Å². The zero-order valence-electron chi connectivity index (χ0n) is 11.2. The molecule has 0 radical (unpaired) electrons. The molecular weight excluding hydrogens is 244 g/mol. The number of hydrogen-bond acceptors (Lipinski definition) is 4. The second-order valence-corrected chi connectivity index (χ2v) is 4.58. The lowest BCUT2D eigenvalue weighted by Gasteiger charge is -2.29. The lowest BCUT2D eigenvalue weighted by molar-refractivity contribution is -0.123. The maximum atomic E-state index is 12.2. The number of carbonyl (C=O) groups excluding carboxylic acids is 1. The van der Waals surface area contributed by atoms with Crippen LogP contribution in [-0.2, 0) is 20.7 Å². The second-order valence-electron chi connectivity index (χ2n) is 4.58. The number of nitrogens with zero attached hydrogens (tertiary/aromatic N) is 1. The Bertz CT molecular complexity index is 448. The second kappa shape index (κ2) is 6.54. The summed E-state index contributed by atoms with van der Waals surface area (Å²) in [6.07, 6.45) is 1.96. The Labute approximate surface area is 113 Å². The summed E-state index contributed by atoms with van der Waals surface area (Å²) in [6, 6.07) is 5.74. The first kappa shape index (κ1) is 13.8. The number of amides is 1. The molecule has 0 unspecified atom stereocenters. The van der Waals surface area contributed by atoms with Crippen LogP contribution in [-0.4, -0.2) is 39.4 Å². The molecule has 1 heterocycles. The molecule has 0 spiro atoms. The average molecular weight is 264 g/mol. The normalized spacial score (nSPS) is 14.3. The van der Waals surface area contributed by atoms with Crippen LogP contribution in [0.15, 0.2) is 18.2 Å². The zero-order valence-corrected chi connectivity index (χ0v) is 11.2. The summed E-state index contributed by atoms with van der Waals surface area (Å²) in [7, 11) is 1.61. The van der Waals surface area contributed by atoms with Crippen LogP contribution in [0, 0.1) is 0 Å². The minimum Gasteiger partial charge on any atom is -0.399 e. The minimum atomic E-state index is -0.0253. The van der Waals surface area contributed by atoms with Gasteiger partial charge in [-0.15, -0.1) is 0 Å². The van der Waals surface area contributed by atoms with E-state index in [2.05, 4.69) is 0 Å². The number of carbonyl (C=O) groups is 1. The summed E-state index contributed by atoms with van der Waals surface area (Å²) in [4.78, 5) is 13.9. The van der Waals surface area contributed by atoms with Gasteiger partial charge in [0, 0.05) is 25.0 Å². The number of ether oxygens (including phenoxy) is 2. The molecule has 1 aromatic carbocycles. The predicted octanol–water partition coefficient (Wildman–Crippen LogP) is 1.21. The molecule has 0 saturated carbocycles. The molecule has 5 nitrogen and oxygen atoms in total. The summed E-state index contributed by atoms with van der Waals surface area (Å²) >= 11 is 0. The van der Waals surface area contributed by atoms with Gasteiger partial charge in [0.15, 0.2) is 0 Å². The molecule has 5 heteroatoms. The van der Waals surface area contributed by atoms with Crippen molar-refractivity contribution >= 4 is 17.3 Å². The molecule has 19 heavy (non-hydrogen) atoms. The van der Waals surface area contributed by atoms with E-state index in [1.165, 1.54) is 5.56 Å². The van der Waals surface area contributed by atoms with Gasteiger partial charge in [0.2, 0.25) is 0 Å². The van der Waals surface area contributed by atoms with Crippen LogP contribution in [0.1, 0.15) is 12.0 Å². The SMILES string of the molecule is COCCOCC(=O)N1CCCc2ccc(N)cc21. The first-order valence-electron chi connectivity index (χ1n) is 6.48. The van der Waals surface area contributed by atoms with E-state index < -0.39 is 0 Å². The van der Waals surface area contributed by atoms with Crippen LogP contribution in [0.25, 0.3) is 0 Å². The van der Waals surface area contributed by atoms with Crippen LogP contribution in [0.2, 0.25) is 0 Å². The van der Waals surface area contributed by atoms with Crippen molar-refractivity contribution in [3.8, 4) is 0 Å². The highest BCUT2D eigenvalue weighted by Gasteiger charge is 2.22. The van der Waals surface area contributed by atoms with Crippen molar-refractivity contribution in [2.24, 2.45) is 0 Å². The van der Waals surface area contributed by atoms with Gasteiger partial charge in [-0.05, 0) is 30.5 Å². The van der Waals surface area contributed by atoms with E-state index >= 15 is 0 Å². The number of anilines is 2. The number of aryl methyl sites for hydroxylation is 1. The number of nitrogen functional groups attached to an aromatic ring is 1. The molecule has 0 fully saturated rings. The molecule has 0 atom stereocenters. The highest BCUT2D eigenvalue weighted by atomic mass is 16.5. The van der Waals surface area contributed by atoms with Crippen molar-refractivity contribution in [1.29, 1.82) is 0 Å². The van der Waals surface area contributed by atoms with E-state index in [0.29, 0.717) is 18.9 Å². The highest BCUT2D eigenvalue weighted by Crippen LogP contribution is 2.29. The number of methoxy groups -OCH3 is 1. The molecular formula is C14H20N2O3. The third-order valence-corrected chi connectivity index (χ3v) is 3.19. The van der Waals surface area contributed by atoms with E-state index in [1.807, 2.05) is 18.2 Å². The number of hydrogen-bond donors (Lipinski definition) is 1. The molecule has 1 amide bonds. The van der Waals surface area contributed by atoms with Crippen LogP contribution in [0.3, 0.4) is 0 Å². The lowest BCUT2D eigenvalue weighted by atomic mass is 10.0. The maximum Gasteiger partial charge on any atom is 0.252 e. The van der Waals surface area contributed by atoms with Crippen molar-refractivity contribution in [3.05, 3.63) is 23.8 Å². The van der Waals surface area contributed by atoms with Gasteiger partial charge in [0.25, 0.3) is 5.91 Å². The number of benzene rings is 1. The van der Waals surface area contributed by atoms with E-state index in [0.717, 1.165) is 25.1 Å². The van der Waals surface area contributed by atoms with E-state index in [9.17, 15) is 4.79 Å². The number of nitrogens with two attached hydrogens (primary N) is 1. The van der Waals surface area contributed by atoms with Crippen LogP contribution in [0.5, 0.6) is 0 Å². The molecule has 1 aromatic rings. The Kier molecular flexibility index (Phi) is 4.76. The smallest absolute Gasteiger partial charge is 0.252 e. The Morgan fingerprint density at radius 1 is 1.42 bits per heavy atom. The molecule has 0 aromatic heterocycles. The Morgan fingerprint density at radius 3 is 3.05 bits per heavy atom. The van der Waals surface area contributed by atoms with Gasteiger partial charge in [-0.25, -0.2) is 0 Å². The van der Waals surface area contributed by atoms with Gasteiger partial charge in [-0.2, -0.15) is 0 Å². The molecule has 2 N–H and O–H groups in total. The van der Waals surface area contributed by atoms with Crippen molar-refractivity contribution in [2.75, 3.05) is 44.1 Å². The average Bonchev–Trinajstić information content (AvgIpc) is 2.42. The fourth-order valence-electron chi connectivity index (χ4n) is 2.23. The Balaban J connectivity index is 2.02. The quantitative estimate of drug-likeness (QED) is 0.641. The molecule has 1 aliphatic rings. The number of fused-ring (bicyclic) bond motifs is 1. The Morgan fingerprint density at radius 2 is 2.26 bits per heavy atom. The van der Waals surface area contributed by atoms with Gasteiger partial charge in [0.05, 0.1) is 13.2 Å². The molecule has 0 bridgehead atoms. The van der Waals surface area contributed by atoms with E-state index in [4.69, 9.17) is 15.2 Å². The summed E-state index contributed by atoms with van der Waals surface area (Å²) < 4.78 is 10.2. The third kappa shape index (κ3) is 3.45. The van der Waals surface area contributed by atoms with Crippen molar-refractivity contribution in [2.45, 2.75) is 12.8 Å². The van der Waals surface area contributed by atoms with Gasteiger partial charge >= 0.3 is 0 Å². The Hall–Kier alpha value is -1.59. The first-order chi connectivity index (χ1) is 9.22. The standard InChI is InChI=1S/C14H20N2O3/c1-18-7-8-19-10-14(17)16-6-2-3-11-4-5-12(15)9-13(11)16/h4-5,9H,2-3,6-8,10,15H2,1H3. The molecule has 0 saturated heterocycles. The topological polar surface area (TPSA) is 64.8 Å².